The highest BCUT2D eigenvalue weighted by molar-refractivity contribution is 6.32. The van der Waals surface area contributed by atoms with E-state index in [9.17, 15) is 5.11 Å². The van der Waals surface area contributed by atoms with Crippen LogP contribution in [0.5, 0.6) is 5.75 Å². The number of halogens is 1. The fraction of sp³-hybridized carbons (Fsp3) is 0.304. The normalized spacial score (nSPS) is 21.0. The molecule has 2 atom stereocenters. The zero-order valence-electron chi connectivity index (χ0n) is 16.6. The van der Waals surface area contributed by atoms with Gasteiger partial charge in [0.1, 0.15) is 22.5 Å². The van der Waals surface area contributed by atoms with Gasteiger partial charge in [-0.3, -0.25) is 0 Å². The number of allylic oxidation sites excluding steroid dienone is 5. The second-order valence-electron chi connectivity index (χ2n) is 7.53. The largest absolute Gasteiger partial charge is 0.457 e. The maximum atomic E-state index is 9.47. The van der Waals surface area contributed by atoms with Crippen molar-refractivity contribution in [1.82, 2.24) is 9.97 Å². The summed E-state index contributed by atoms with van der Waals surface area (Å²) in [5.74, 6) is 2.40. The van der Waals surface area contributed by atoms with Gasteiger partial charge in [0.05, 0.1) is 5.56 Å². The predicted molar refractivity (Wildman–Crippen MR) is 120 cm³/mol. The van der Waals surface area contributed by atoms with E-state index in [0.29, 0.717) is 23.1 Å². The van der Waals surface area contributed by atoms with Gasteiger partial charge in [-0.15, -0.1) is 0 Å². The van der Waals surface area contributed by atoms with Crippen LogP contribution >= 0.6 is 11.6 Å². The first-order valence-corrected chi connectivity index (χ1v) is 10.5. The lowest BCUT2D eigenvalue weighted by Crippen LogP contribution is -2.19. The minimum atomic E-state index is 0.116. The Morgan fingerprint density at radius 3 is 2.80 bits per heavy atom. The number of para-hydroxylation sites is 1. The fourth-order valence-electron chi connectivity index (χ4n) is 3.90. The molecule has 0 bridgehead atoms. The number of anilines is 2. The molecule has 0 radical (unpaired) electrons. The predicted octanol–water partition coefficient (Wildman–Crippen LogP) is 4.59. The van der Waals surface area contributed by atoms with Crippen LogP contribution in [0.15, 0.2) is 60.4 Å². The number of nitrogens with zero attached hydrogens (tertiary/aromatic N) is 2. The molecular weight excluding hydrogens is 400 g/mol. The third-order valence-electron chi connectivity index (χ3n) is 5.37. The van der Waals surface area contributed by atoms with Crippen molar-refractivity contribution in [3.05, 3.63) is 71.1 Å². The van der Waals surface area contributed by atoms with E-state index in [4.69, 9.17) is 22.1 Å². The monoisotopic (exact) mass is 424 g/mol. The van der Waals surface area contributed by atoms with E-state index in [1.807, 2.05) is 48.6 Å². The van der Waals surface area contributed by atoms with Crippen LogP contribution in [0.3, 0.4) is 0 Å². The van der Waals surface area contributed by atoms with E-state index in [2.05, 4.69) is 21.4 Å². The van der Waals surface area contributed by atoms with Gasteiger partial charge in [0.15, 0.2) is 0 Å². The number of aliphatic hydroxyl groups is 1. The van der Waals surface area contributed by atoms with Crippen molar-refractivity contribution in [1.29, 1.82) is 0 Å². The molecular formula is C23H25ClN4O2. The smallest absolute Gasteiger partial charge is 0.223 e. The van der Waals surface area contributed by atoms with Gasteiger partial charge in [0, 0.05) is 18.2 Å². The highest BCUT2D eigenvalue weighted by Crippen LogP contribution is 2.38. The number of hydrogen-bond acceptors (Lipinski definition) is 6. The molecule has 30 heavy (non-hydrogen) atoms. The molecule has 7 heteroatoms. The average Bonchev–Trinajstić information content (AvgIpc) is 3.07. The van der Waals surface area contributed by atoms with Crippen molar-refractivity contribution >= 4 is 28.9 Å². The Labute approximate surface area is 181 Å². The molecule has 0 aliphatic heterocycles. The lowest BCUT2D eigenvalue weighted by Gasteiger charge is -2.20. The zero-order chi connectivity index (χ0) is 20.9. The highest BCUT2D eigenvalue weighted by atomic mass is 35.5. The maximum Gasteiger partial charge on any atom is 0.223 e. The van der Waals surface area contributed by atoms with E-state index in [1.165, 1.54) is 0 Å². The minimum Gasteiger partial charge on any atom is -0.457 e. The van der Waals surface area contributed by atoms with Crippen molar-refractivity contribution in [3.63, 3.8) is 0 Å². The zero-order valence-corrected chi connectivity index (χ0v) is 17.3. The number of hydrogen-bond donors (Lipinski definition) is 3. The summed E-state index contributed by atoms with van der Waals surface area (Å²) in [6, 6.07) is 9.80. The van der Waals surface area contributed by atoms with E-state index in [-0.39, 0.29) is 23.8 Å². The third-order valence-corrected chi connectivity index (χ3v) is 5.64. The quantitative estimate of drug-likeness (QED) is 0.587. The Hall–Kier alpha value is -2.83. The number of ether oxygens (including phenoxy) is 1. The maximum absolute atomic E-state index is 9.47. The molecule has 2 aliphatic rings. The van der Waals surface area contributed by atoms with Crippen LogP contribution in [0.1, 0.15) is 31.2 Å². The molecule has 1 aromatic carbocycles. The molecule has 1 saturated carbocycles. The van der Waals surface area contributed by atoms with Gasteiger partial charge in [-0.1, -0.05) is 48.0 Å². The lowest BCUT2D eigenvalue weighted by molar-refractivity contribution is 0.229. The second-order valence-corrected chi connectivity index (χ2v) is 7.88. The van der Waals surface area contributed by atoms with Crippen LogP contribution in [-0.4, -0.2) is 27.7 Å². The topological polar surface area (TPSA) is 93.3 Å². The number of nitrogen functional groups attached to an aromatic ring is 1. The third kappa shape index (κ3) is 4.66. The van der Waals surface area contributed by atoms with E-state index in [0.717, 1.165) is 37.0 Å². The summed E-state index contributed by atoms with van der Waals surface area (Å²) in [6.45, 7) is 0.201. The summed E-state index contributed by atoms with van der Waals surface area (Å²) >= 11 is 6.58. The Kier molecular flexibility index (Phi) is 6.35. The van der Waals surface area contributed by atoms with Crippen LogP contribution < -0.4 is 15.8 Å². The fourth-order valence-corrected chi connectivity index (χ4v) is 4.18. The molecule has 2 aromatic rings. The minimum absolute atomic E-state index is 0.116. The van der Waals surface area contributed by atoms with Gasteiger partial charge < -0.3 is 20.9 Å². The molecule has 6 nitrogen and oxygen atoms in total. The molecule has 2 aliphatic carbocycles. The first-order chi connectivity index (χ1) is 14.6. The Bertz CT molecular complexity index is 988. The van der Waals surface area contributed by atoms with Crippen molar-refractivity contribution in [2.45, 2.75) is 31.7 Å². The Morgan fingerprint density at radius 1 is 1.20 bits per heavy atom. The molecule has 0 amide bonds. The van der Waals surface area contributed by atoms with E-state index < -0.39 is 0 Å². The Morgan fingerprint density at radius 2 is 2.03 bits per heavy atom. The van der Waals surface area contributed by atoms with Crippen LogP contribution in [0.2, 0.25) is 5.15 Å². The van der Waals surface area contributed by atoms with Crippen molar-refractivity contribution in [2.75, 3.05) is 17.7 Å². The van der Waals surface area contributed by atoms with Gasteiger partial charge in [-0.25, -0.2) is 4.98 Å². The molecule has 0 spiro atoms. The average molecular weight is 425 g/mol. The van der Waals surface area contributed by atoms with Gasteiger partial charge in [0.2, 0.25) is 5.95 Å². The number of nitrogens with two attached hydrogens (primary N) is 1. The Balaban J connectivity index is 1.69. The van der Waals surface area contributed by atoms with Gasteiger partial charge in [-0.2, -0.15) is 4.98 Å². The number of nitrogens with one attached hydrogen (secondary N) is 1. The number of aromatic nitrogens is 2. The standard InChI is InChI=1S/C23H25ClN4O2/c24-21-20(22(28-23(25)27-21)26-16-12-11-15(13-16)14-29)18-9-5-2-6-10-19(18)30-17-7-3-1-4-8-17/h1-4,6-10,15-16,29H,5,11-14H2,(H3,25,26,27,28). The van der Waals surface area contributed by atoms with Crippen LogP contribution in [-0.2, 0) is 0 Å². The second kappa shape index (κ2) is 9.32. The SMILES string of the molecule is Nc1nc(Cl)c(C2=CCC=CC=C2Oc2ccccc2)c(NC2CCC(CO)C2)n1. The van der Waals surface area contributed by atoms with Gasteiger partial charge >= 0.3 is 0 Å². The molecule has 1 heterocycles. The van der Waals surface area contributed by atoms with Gasteiger partial charge in [0.25, 0.3) is 0 Å². The van der Waals surface area contributed by atoms with Crippen molar-refractivity contribution in [3.8, 4) is 5.75 Å². The molecule has 4 N–H and O–H groups in total. The molecule has 156 valence electrons. The molecule has 0 saturated heterocycles. The summed E-state index contributed by atoms with van der Waals surface area (Å²) in [6.07, 6.45) is 11.5. The van der Waals surface area contributed by atoms with Gasteiger partial charge in [-0.05, 0) is 49.8 Å². The number of aliphatic hydroxyl groups excluding tert-OH is 1. The summed E-state index contributed by atoms with van der Waals surface area (Å²) in [5.41, 5.74) is 7.39. The van der Waals surface area contributed by atoms with Crippen LogP contribution in [0.25, 0.3) is 5.57 Å². The summed E-state index contributed by atoms with van der Waals surface area (Å²) in [4.78, 5) is 8.66. The summed E-state index contributed by atoms with van der Waals surface area (Å²) in [5, 5.41) is 13.2. The summed E-state index contributed by atoms with van der Waals surface area (Å²) in [7, 11) is 0. The van der Waals surface area contributed by atoms with Crippen LogP contribution in [0.4, 0.5) is 11.8 Å². The first-order valence-electron chi connectivity index (χ1n) is 10.1. The molecule has 1 aromatic heterocycles. The molecule has 1 fully saturated rings. The summed E-state index contributed by atoms with van der Waals surface area (Å²) < 4.78 is 6.18. The number of benzene rings is 1. The number of rotatable bonds is 6. The first kappa shape index (κ1) is 20.4. The van der Waals surface area contributed by atoms with Crippen molar-refractivity contribution < 1.29 is 9.84 Å². The molecule has 4 rings (SSSR count). The molecule has 2 unspecified atom stereocenters. The van der Waals surface area contributed by atoms with Crippen molar-refractivity contribution in [2.24, 2.45) is 5.92 Å². The van der Waals surface area contributed by atoms with E-state index in [1.54, 1.807) is 0 Å². The lowest BCUT2D eigenvalue weighted by atomic mass is 10.0. The highest BCUT2D eigenvalue weighted by Gasteiger charge is 2.27. The van der Waals surface area contributed by atoms with E-state index >= 15 is 0 Å². The van der Waals surface area contributed by atoms with Crippen LogP contribution in [0, 0.1) is 5.92 Å².